The minimum absolute atomic E-state index is 0.119. The molecular formula is C13H18O. The summed E-state index contributed by atoms with van der Waals surface area (Å²) in [6.45, 7) is 6.51. The Hall–Kier alpha value is -0.850. The third kappa shape index (κ3) is 1.18. The first-order valence-electron chi connectivity index (χ1n) is 5.46. The molecule has 0 amide bonds. The lowest BCUT2D eigenvalue weighted by Crippen LogP contribution is -2.38. The van der Waals surface area contributed by atoms with Gasteiger partial charge in [0.25, 0.3) is 0 Å². The minimum atomic E-state index is 0.119. The highest BCUT2D eigenvalue weighted by molar-refractivity contribution is 5.85. The fraction of sp³-hybridized carbons (Fsp3) is 0.615. The highest BCUT2D eigenvalue weighted by Gasteiger charge is 2.42. The Balaban J connectivity index is 2.48. The molecule has 0 aromatic carbocycles. The van der Waals surface area contributed by atoms with Gasteiger partial charge in [-0.3, -0.25) is 4.79 Å². The van der Waals surface area contributed by atoms with Crippen LogP contribution in [0.3, 0.4) is 0 Å². The Labute approximate surface area is 85.9 Å². The molecule has 2 aliphatic rings. The molecule has 2 aliphatic carbocycles. The number of carbonyl (C=O) groups is 1. The molecule has 0 aliphatic heterocycles. The van der Waals surface area contributed by atoms with Crippen molar-refractivity contribution in [3.05, 3.63) is 23.3 Å². The minimum Gasteiger partial charge on any atom is -0.299 e. The first-order valence-corrected chi connectivity index (χ1v) is 5.46. The van der Waals surface area contributed by atoms with Gasteiger partial charge in [0.05, 0.1) is 0 Å². The molecule has 0 bridgehead atoms. The monoisotopic (exact) mass is 190 g/mol. The van der Waals surface area contributed by atoms with Crippen molar-refractivity contribution in [2.45, 2.75) is 40.0 Å². The predicted molar refractivity (Wildman–Crippen MR) is 58.0 cm³/mol. The summed E-state index contributed by atoms with van der Waals surface area (Å²) in [7, 11) is 0. The molecule has 2 unspecified atom stereocenters. The third-order valence-corrected chi connectivity index (χ3v) is 4.10. The van der Waals surface area contributed by atoms with Crippen LogP contribution in [0.2, 0.25) is 0 Å². The molecule has 2 rings (SSSR count). The number of Topliss-reactive ketones (excluding diaryl/α,β-unsaturated/α-hetero) is 1. The molecule has 0 saturated heterocycles. The Bertz CT molecular complexity index is 335. The van der Waals surface area contributed by atoms with Gasteiger partial charge in [-0.05, 0) is 25.3 Å². The summed E-state index contributed by atoms with van der Waals surface area (Å²) in [4.78, 5) is 11.7. The van der Waals surface area contributed by atoms with Crippen LogP contribution in [-0.2, 0) is 4.79 Å². The first kappa shape index (κ1) is 9.70. The van der Waals surface area contributed by atoms with Gasteiger partial charge >= 0.3 is 0 Å². The van der Waals surface area contributed by atoms with Crippen molar-refractivity contribution in [1.82, 2.24) is 0 Å². The number of hydrogen-bond donors (Lipinski definition) is 0. The maximum absolute atomic E-state index is 11.7. The fourth-order valence-electron chi connectivity index (χ4n) is 2.86. The van der Waals surface area contributed by atoms with Gasteiger partial charge in [0.15, 0.2) is 0 Å². The Morgan fingerprint density at radius 3 is 2.86 bits per heavy atom. The van der Waals surface area contributed by atoms with E-state index in [-0.39, 0.29) is 11.3 Å². The number of fused-ring (bicyclic) bond motifs is 1. The van der Waals surface area contributed by atoms with E-state index in [1.165, 1.54) is 11.1 Å². The molecule has 1 heteroatoms. The molecule has 0 spiro atoms. The van der Waals surface area contributed by atoms with Crippen LogP contribution in [0.15, 0.2) is 23.3 Å². The number of hydrogen-bond acceptors (Lipinski definition) is 1. The van der Waals surface area contributed by atoms with Gasteiger partial charge in [-0.25, -0.2) is 0 Å². The summed E-state index contributed by atoms with van der Waals surface area (Å²) in [5.74, 6) is 0.608. The predicted octanol–water partition coefficient (Wildman–Crippen LogP) is 3.27. The standard InChI is InChI=1S/C13H18O/c1-9-5-4-8-13(3)10(2)12(14)7-6-11(9)13/h5-6,10H,4,7-8H2,1-3H3. The zero-order valence-corrected chi connectivity index (χ0v) is 9.26. The highest BCUT2D eigenvalue weighted by atomic mass is 16.1. The van der Waals surface area contributed by atoms with Crippen molar-refractivity contribution < 1.29 is 4.79 Å². The molecule has 0 saturated carbocycles. The molecule has 0 fully saturated rings. The number of ketones is 1. The SMILES string of the molecule is CC1=CCCC2(C)C1=CCC(=O)C2C. The van der Waals surface area contributed by atoms with E-state index in [1.807, 2.05) is 0 Å². The topological polar surface area (TPSA) is 17.1 Å². The molecular weight excluding hydrogens is 172 g/mol. The van der Waals surface area contributed by atoms with Gasteiger partial charge in [-0.2, -0.15) is 0 Å². The van der Waals surface area contributed by atoms with Crippen LogP contribution in [0.5, 0.6) is 0 Å². The van der Waals surface area contributed by atoms with E-state index >= 15 is 0 Å². The van der Waals surface area contributed by atoms with Crippen molar-refractivity contribution in [2.75, 3.05) is 0 Å². The second-order valence-electron chi connectivity index (χ2n) is 4.85. The summed E-state index contributed by atoms with van der Waals surface area (Å²) in [6, 6.07) is 0. The lowest BCUT2D eigenvalue weighted by molar-refractivity contribution is -0.125. The largest absolute Gasteiger partial charge is 0.299 e. The van der Waals surface area contributed by atoms with Gasteiger partial charge in [0.2, 0.25) is 0 Å². The molecule has 1 nitrogen and oxygen atoms in total. The van der Waals surface area contributed by atoms with Crippen LogP contribution < -0.4 is 0 Å². The Morgan fingerprint density at radius 2 is 2.14 bits per heavy atom. The molecule has 0 heterocycles. The maximum Gasteiger partial charge on any atom is 0.140 e. The van der Waals surface area contributed by atoms with Crippen LogP contribution in [0.4, 0.5) is 0 Å². The van der Waals surface area contributed by atoms with Gasteiger partial charge < -0.3 is 0 Å². The van der Waals surface area contributed by atoms with E-state index in [2.05, 4.69) is 32.9 Å². The van der Waals surface area contributed by atoms with Crippen LogP contribution in [0.1, 0.15) is 40.0 Å². The molecule has 0 N–H and O–H groups in total. The van der Waals surface area contributed by atoms with Crippen LogP contribution in [0, 0.1) is 11.3 Å². The summed E-state index contributed by atoms with van der Waals surface area (Å²) < 4.78 is 0. The number of allylic oxidation sites excluding steroid dienone is 4. The highest BCUT2D eigenvalue weighted by Crippen LogP contribution is 2.49. The quantitative estimate of drug-likeness (QED) is 0.573. The lowest BCUT2D eigenvalue weighted by atomic mass is 9.60. The second-order valence-corrected chi connectivity index (χ2v) is 4.85. The summed E-state index contributed by atoms with van der Waals surface area (Å²) in [5.41, 5.74) is 2.93. The van der Waals surface area contributed by atoms with Crippen LogP contribution >= 0.6 is 0 Å². The summed E-state index contributed by atoms with van der Waals surface area (Å²) in [5, 5.41) is 0. The van der Waals surface area contributed by atoms with Gasteiger partial charge in [-0.15, -0.1) is 0 Å². The van der Waals surface area contributed by atoms with Crippen molar-refractivity contribution in [3.63, 3.8) is 0 Å². The molecule has 14 heavy (non-hydrogen) atoms. The van der Waals surface area contributed by atoms with E-state index in [0.29, 0.717) is 12.2 Å². The number of rotatable bonds is 0. The van der Waals surface area contributed by atoms with Crippen LogP contribution in [-0.4, -0.2) is 5.78 Å². The number of carbonyl (C=O) groups excluding carboxylic acids is 1. The van der Waals surface area contributed by atoms with Crippen LogP contribution in [0.25, 0.3) is 0 Å². The van der Waals surface area contributed by atoms with Gasteiger partial charge in [0, 0.05) is 17.8 Å². The summed E-state index contributed by atoms with van der Waals surface area (Å²) >= 11 is 0. The van der Waals surface area contributed by atoms with E-state index < -0.39 is 0 Å². The fourth-order valence-corrected chi connectivity index (χ4v) is 2.86. The molecule has 2 atom stereocenters. The smallest absolute Gasteiger partial charge is 0.140 e. The molecule has 0 aromatic heterocycles. The average Bonchev–Trinajstić information content (AvgIpc) is 2.14. The zero-order chi connectivity index (χ0) is 10.3. The lowest BCUT2D eigenvalue weighted by Gasteiger charge is -2.43. The first-order chi connectivity index (χ1) is 6.55. The van der Waals surface area contributed by atoms with E-state index in [0.717, 1.165) is 12.8 Å². The average molecular weight is 190 g/mol. The molecule has 76 valence electrons. The van der Waals surface area contributed by atoms with Crippen molar-refractivity contribution in [3.8, 4) is 0 Å². The Kier molecular flexibility index (Phi) is 2.13. The van der Waals surface area contributed by atoms with Gasteiger partial charge in [-0.1, -0.05) is 31.6 Å². The molecule has 0 aromatic rings. The second kappa shape index (κ2) is 3.08. The van der Waals surface area contributed by atoms with Crippen molar-refractivity contribution in [1.29, 1.82) is 0 Å². The third-order valence-electron chi connectivity index (χ3n) is 4.10. The summed E-state index contributed by atoms with van der Waals surface area (Å²) in [6.07, 6.45) is 7.33. The maximum atomic E-state index is 11.7. The van der Waals surface area contributed by atoms with E-state index in [1.54, 1.807) is 0 Å². The Morgan fingerprint density at radius 1 is 1.43 bits per heavy atom. The normalized spacial score (nSPS) is 37.4. The van der Waals surface area contributed by atoms with E-state index in [9.17, 15) is 4.79 Å². The van der Waals surface area contributed by atoms with E-state index in [4.69, 9.17) is 0 Å². The molecule has 0 radical (unpaired) electrons. The zero-order valence-electron chi connectivity index (χ0n) is 9.26. The van der Waals surface area contributed by atoms with Gasteiger partial charge in [0.1, 0.15) is 5.78 Å². The van der Waals surface area contributed by atoms with Crippen molar-refractivity contribution >= 4 is 5.78 Å². The van der Waals surface area contributed by atoms with Crippen molar-refractivity contribution in [2.24, 2.45) is 11.3 Å².